The first-order valence-corrected chi connectivity index (χ1v) is 5.38. The number of rotatable bonds is 3. The van der Waals surface area contributed by atoms with Crippen molar-refractivity contribution in [3.05, 3.63) is 29.6 Å². The average Bonchev–Trinajstić information content (AvgIpc) is 2.62. The third kappa shape index (κ3) is 1.84. The molecule has 1 aromatic rings. The van der Waals surface area contributed by atoms with Gasteiger partial charge in [0.05, 0.1) is 12.8 Å². The first kappa shape index (κ1) is 12.5. The lowest BCUT2D eigenvalue weighted by Crippen LogP contribution is -2.34. The topological polar surface area (TPSA) is 75.6 Å². The molecule has 1 aliphatic rings. The molecule has 0 radical (unpaired) electrons. The Balaban J connectivity index is 2.31. The Labute approximate surface area is 103 Å². The van der Waals surface area contributed by atoms with Crippen LogP contribution in [0.4, 0.5) is 10.1 Å². The number of hydrogen-bond acceptors (Lipinski definition) is 4. The second kappa shape index (κ2) is 4.38. The van der Waals surface area contributed by atoms with Crippen molar-refractivity contribution < 1.29 is 23.8 Å². The van der Waals surface area contributed by atoms with E-state index in [1.807, 2.05) is 0 Å². The lowest BCUT2D eigenvalue weighted by molar-refractivity contribution is -0.144. The first-order valence-electron chi connectivity index (χ1n) is 5.38. The molecule has 1 aromatic carbocycles. The summed E-state index contributed by atoms with van der Waals surface area (Å²) in [4.78, 5) is 22.8. The maximum atomic E-state index is 13.5. The highest BCUT2D eigenvalue weighted by Crippen LogP contribution is 2.40. The zero-order chi connectivity index (χ0) is 13.3. The van der Waals surface area contributed by atoms with Gasteiger partial charge in [-0.1, -0.05) is 12.1 Å². The van der Waals surface area contributed by atoms with Crippen molar-refractivity contribution in [2.75, 3.05) is 12.4 Å². The lowest BCUT2D eigenvalue weighted by Gasteiger charge is -2.19. The number of para-hydroxylation sites is 1. The predicted octanol–water partition coefficient (Wildman–Crippen LogP) is 0.919. The van der Waals surface area contributed by atoms with E-state index in [2.05, 4.69) is 10.1 Å². The predicted molar refractivity (Wildman–Crippen MR) is 60.2 cm³/mol. The molecule has 0 bridgehead atoms. The summed E-state index contributed by atoms with van der Waals surface area (Å²) in [7, 11) is 1.22. The van der Waals surface area contributed by atoms with Gasteiger partial charge in [0.15, 0.2) is 5.60 Å². The maximum Gasteiger partial charge on any atom is 0.305 e. The minimum Gasteiger partial charge on any atom is -0.469 e. The first-order chi connectivity index (χ1) is 8.49. The molecular weight excluding hydrogens is 241 g/mol. The second-order valence-corrected chi connectivity index (χ2v) is 4.05. The summed E-state index contributed by atoms with van der Waals surface area (Å²) in [6.07, 6.45) is -0.279. The molecule has 2 rings (SSSR count). The van der Waals surface area contributed by atoms with Crippen LogP contribution in [0, 0.1) is 5.82 Å². The summed E-state index contributed by atoms with van der Waals surface area (Å²) in [6.45, 7) is 0. The number of anilines is 1. The summed E-state index contributed by atoms with van der Waals surface area (Å²) in [5, 5.41) is 12.6. The molecule has 1 unspecified atom stereocenters. The number of amides is 1. The Bertz CT molecular complexity index is 517. The number of methoxy groups -OCH3 is 1. The van der Waals surface area contributed by atoms with Crippen molar-refractivity contribution in [2.45, 2.75) is 18.4 Å². The van der Waals surface area contributed by atoms with Crippen LogP contribution < -0.4 is 5.32 Å². The average molecular weight is 253 g/mol. The van der Waals surface area contributed by atoms with Crippen molar-refractivity contribution >= 4 is 17.6 Å². The molecule has 1 aliphatic heterocycles. The Hall–Kier alpha value is -1.95. The van der Waals surface area contributed by atoms with Crippen LogP contribution in [0.2, 0.25) is 0 Å². The van der Waals surface area contributed by atoms with Gasteiger partial charge in [-0.3, -0.25) is 9.59 Å². The van der Waals surface area contributed by atoms with E-state index in [1.165, 1.54) is 25.3 Å². The molecule has 1 atom stereocenters. The van der Waals surface area contributed by atoms with Crippen LogP contribution in [0.3, 0.4) is 0 Å². The number of hydrogen-bond donors (Lipinski definition) is 2. The summed E-state index contributed by atoms with van der Waals surface area (Å²) < 4.78 is 17.9. The van der Waals surface area contributed by atoms with Crippen LogP contribution in [-0.2, 0) is 19.9 Å². The van der Waals surface area contributed by atoms with Gasteiger partial charge in [0.25, 0.3) is 5.91 Å². The maximum absolute atomic E-state index is 13.5. The van der Waals surface area contributed by atoms with E-state index in [9.17, 15) is 19.1 Å². The van der Waals surface area contributed by atoms with E-state index in [0.29, 0.717) is 0 Å². The van der Waals surface area contributed by atoms with Crippen LogP contribution in [0.15, 0.2) is 18.2 Å². The van der Waals surface area contributed by atoms with Gasteiger partial charge in [0, 0.05) is 12.0 Å². The third-order valence-corrected chi connectivity index (χ3v) is 2.99. The second-order valence-electron chi connectivity index (χ2n) is 4.05. The summed E-state index contributed by atoms with van der Waals surface area (Å²) in [5.74, 6) is -1.89. The fourth-order valence-corrected chi connectivity index (χ4v) is 1.97. The largest absolute Gasteiger partial charge is 0.469 e. The van der Waals surface area contributed by atoms with Crippen LogP contribution >= 0.6 is 0 Å². The number of ether oxygens (including phenoxy) is 1. The van der Waals surface area contributed by atoms with Gasteiger partial charge in [-0.25, -0.2) is 4.39 Å². The smallest absolute Gasteiger partial charge is 0.305 e. The normalized spacial score (nSPS) is 21.4. The Morgan fingerprint density at radius 1 is 1.56 bits per heavy atom. The number of carbonyl (C=O) groups excluding carboxylic acids is 2. The molecule has 0 saturated heterocycles. The molecule has 0 aliphatic carbocycles. The van der Waals surface area contributed by atoms with Crippen molar-refractivity contribution in [1.82, 2.24) is 0 Å². The third-order valence-electron chi connectivity index (χ3n) is 2.99. The minimum atomic E-state index is -1.88. The fourth-order valence-electron chi connectivity index (χ4n) is 1.97. The Morgan fingerprint density at radius 3 is 2.94 bits per heavy atom. The minimum absolute atomic E-state index is 0.0325. The number of fused-ring (bicyclic) bond motifs is 1. The Kier molecular flexibility index (Phi) is 3.04. The van der Waals surface area contributed by atoms with Gasteiger partial charge in [0.1, 0.15) is 5.82 Å². The lowest BCUT2D eigenvalue weighted by atomic mass is 9.90. The zero-order valence-corrected chi connectivity index (χ0v) is 9.70. The van der Waals surface area contributed by atoms with Gasteiger partial charge in [-0.05, 0) is 12.5 Å². The molecule has 2 N–H and O–H groups in total. The molecule has 5 nitrogen and oxygen atoms in total. The van der Waals surface area contributed by atoms with E-state index < -0.39 is 23.3 Å². The number of benzene rings is 1. The summed E-state index contributed by atoms with van der Waals surface area (Å²) >= 11 is 0. The standard InChI is InChI=1S/C12H12FNO4/c1-18-9(15)5-6-12(17)7-3-2-4-8(13)10(7)14-11(12)16/h2-4,17H,5-6H2,1H3,(H,14,16). The van der Waals surface area contributed by atoms with Gasteiger partial charge >= 0.3 is 5.97 Å². The van der Waals surface area contributed by atoms with E-state index in [-0.39, 0.29) is 24.1 Å². The molecule has 0 saturated carbocycles. The molecule has 1 heterocycles. The number of carbonyl (C=O) groups is 2. The Morgan fingerprint density at radius 2 is 2.28 bits per heavy atom. The molecule has 0 fully saturated rings. The number of nitrogens with one attached hydrogen (secondary N) is 1. The van der Waals surface area contributed by atoms with Gasteiger partial charge in [-0.2, -0.15) is 0 Å². The van der Waals surface area contributed by atoms with Crippen molar-refractivity contribution in [3.8, 4) is 0 Å². The highest BCUT2D eigenvalue weighted by molar-refractivity contribution is 6.05. The molecular formula is C12H12FNO4. The van der Waals surface area contributed by atoms with Crippen LogP contribution in [0.1, 0.15) is 18.4 Å². The van der Waals surface area contributed by atoms with E-state index >= 15 is 0 Å². The number of aliphatic hydroxyl groups is 1. The monoisotopic (exact) mass is 253 g/mol. The van der Waals surface area contributed by atoms with Crippen molar-refractivity contribution in [2.24, 2.45) is 0 Å². The summed E-state index contributed by atoms with van der Waals surface area (Å²) in [5.41, 5.74) is -1.77. The highest BCUT2D eigenvalue weighted by Gasteiger charge is 2.46. The fraction of sp³-hybridized carbons (Fsp3) is 0.333. The van der Waals surface area contributed by atoms with Crippen LogP contribution in [0.25, 0.3) is 0 Å². The van der Waals surface area contributed by atoms with Gasteiger partial charge in [-0.15, -0.1) is 0 Å². The molecule has 6 heteroatoms. The number of halogens is 1. The highest BCUT2D eigenvalue weighted by atomic mass is 19.1. The summed E-state index contributed by atoms with van der Waals surface area (Å²) in [6, 6.07) is 4.04. The molecule has 1 amide bonds. The SMILES string of the molecule is COC(=O)CCC1(O)C(=O)Nc2c(F)cccc21. The van der Waals surface area contributed by atoms with Gasteiger partial charge < -0.3 is 15.2 Å². The zero-order valence-electron chi connectivity index (χ0n) is 9.70. The van der Waals surface area contributed by atoms with Crippen molar-refractivity contribution in [1.29, 1.82) is 0 Å². The van der Waals surface area contributed by atoms with E-state index in [4.69, 9.17) is 0 Å². The molecule has 0 aromatic heterocycles. The number of esters is 1. The quantitative estimate of drug-likeness (QED) is 0.785. The molecule has 96 valence electrons. The van der Waals surface area contributed by atoms with Gasteiger partial charge in [0.2, 0.25) is 0 Å². The van der Waals surface area contributed by atoms with E-state index in [1.54, 1.807) is 0 Å². The van der Waals surface area contributed by atoms with E-state index in [0.717, 1.165) is 0 Å². The molecule has 0 spiro atoms. The van der Waals surface area contributed by atoms with Crippen molar-refractivity contribution in [3.63, 3.8) is 0 Å². The van der Waals surface area contributed by atoms with Crippen LogP contribution in [0.5, 0.6) is 0 Å². The van der Waals surface area contributed by atoms with Crippen LogP contribution in [-0.4, -0.2) is 24.1 Å². The molecule has 18 heavy (non-hydrogen) atoms.